The van der Waals surface area contributed by atoms with Crippen molar-refractivity contribution in [3.8, 4) is 0 Å². The van der Waals surface area contributed by atoms with Crippen molar-refractivity contribution in [1.82, 2.24) is 14.9 Å². The maximum absolute atomic E-state index is 14.2. The average molecular weight is 598 g/mol. The Hall–Kier alpha value is -2.21. The molecule has 2 aliphatic rings. The number of aliphatic hydroxyl groups excluding tert-OH is 1. The summed E-state index contributed by atoms with van der Waals surface area (Å²) in [5.74, 6) is -1.46. The van der Waals surface area contributed by atoms with Crippen molar-refractivity contribution in [2.75, 3.05) is 19.4 Å². The number of nitrogens with two attached hydrogens (primary N) is 1. The summed E-state index contributed by atoms with van der Waals surface area (Å²) in [5.41, 5.74) is 7.31. The first-order valence-electron chi connectivity index (χ1n) is 13.0. The fourth-order valence-corrected chi connectivity index (χ4v) is 7.06. The lowest BCUT2D eigenvalue weighted by Gasteiger charge is -2.49. The Bertz CT molecular complexity index is 1330. The highest BCUT2D eigenvalue weighted by molar-refractivity contribution is 7.88. The van der Waals surface area contributed by atoms with E-state index >= 15 is 0 Å². The minimum Gasteiger partial charge on any atom is -0.395 e. The molecule has 5 atom stereocenters. The van der Waals surface area contributed by atoms with Crippen LogP contribution in [0.15, 0.2) is 42.5 Å². The largest absolute Gasteiger partial charge is 0.395 e. The van der Waals surface area contributed by atoms with Crippen LogP contribution >= 0.6 is 23.2 Å². The van der Waals surface area contributed by atoms with Gasteiger partial charge in [-0.05, 0) is 48.6 Å². The predicted molar refractivity (Wildman–Crippen MR) is 151 cm³/mol. The molecule has 12 heteroatoms. The number of amides is 2. The molecule has 0 aromatic heterocycles. The van der Waals surface area contributed by atoms with Crippen molar-refractivity contribution in [3.63, 3.8) is 0 Å². The van der Waals surface area contributed by atoms with Crippen LogP contribution in [0.25, 0.3) is 0 Å². The molecule has 2 aromatic rings. The molecule has 1 unspecified atom stereocenters. The van der Waals surface area contributed by atoms with Crippen molar-refractivity contribution < 1.29 is 23.1 Å². The molecule has 212 valence electrons. The lowest BCUT2D eigenvalue weighted by atomic mass is 9.76. The SMILES string of the molecule is CS(=O)(=O)N[C@H]1CCCC[C@@H]1N1C(=O)c2ccccc2[C@@H](C(=O)NCCC(N)CO)[C@@H]1c1ccc(Cl)cc1Cl. The standard InChI is InChI=1S/C27H34Cl2N4O5S/c1-39(37,38)32-22-8-4-5-9-23(22)33-25(20-11-10-16(28)14-21(20)29)24(26(35)31-13-12-17(30)15-34)18-6-2-3-7-19(18)27(33)36/h2-3,6-7,10-11,14,17,22-25,32,34H,4-5,8-9,12-13,15,30H2,1H3,(H,31,35)/t17?,22-,23-,24+,25-/m0/s1. The summed E-state index contributed by atoms with van der Waals surface area (Å²) in [7, 11) is -3.56. The van der Waals surface area contributed by atoms with Crippen molar-refractivity contribution in [3.05, 3.63) is 69.2 Å². The fourth-order valence-electron chi connectivity index (χ4n) is 5.71. The van der Waals surface area contributed by atoms with Gasteiger partial charge in [0, 0.05) is 40.3 Å². The molecule has 1 saturated carbocycles. The molecule has 2 aromatic carbocycles. The van der Waals surface area contributed by atoms with Gasteiger partial charge in [-0.25, -0.2) is 13.1 Å². The molecular formula is C27H34Cl2N4O5S. The lowest BCUT2D eigenvalue weighted by Crippen LogP contribution is -2.59. The lowest BCUT2D eigenvalue weighted by molar-refractivity contribution is -0.124. The summed E-state index contributed by atoms with van der Waals surface area (Å²) in [4.78, 5) is 29.8. The molecule has 1 fully saturated rings. The molecular weight excluding hydrogens is 563 g/mol. The van der Waals surface area contributed by atoms with E-state index in [1.54, 1.807) is 47.4 Å². The topological polar surface area (TPSA) is 142 Å². The maximum Gasteiger partial charge on any atom is 0.255 e. The van der Waals surface area contributed by atoms with Gasteiger partial charge >= 0.3 is 0 Å². The first kappa shape index (κ1) is 29.8. The van der Waals surface area contributed by atoms with Crippen LogP contribution in [0.4, 0.5) is 0 Å². The van der Waals surface area contributed by atoms with Crippen molar-refractivity contribution in [2.45, 2.75) is 62.2 Å². The molecule has 1 heterocycles. The summed E-state index contributed by atoms with van der Waals surface area (Å²) in [6.07, 6.45) is 4.20. The highest BCUT2D eigenvalue weighted by Crippen LogP contribution is 2.47. The van der Waals surface area contributed by atoms with Crippen LogP contribution in [0, 0.1) is 0 Å². The van der Waals surface area contributed by atoms with E-state index in [1.807, 2.05) is 0 Å². The van der Waals surface area contributed by atoms with E-state index in [9.17, 15) is 23.1 Å². The van der Waals surface area contributed by atoms with Gasteiger partial charge in [0.15, 0.2) is 0 Å². The van der Waals surface area contributed by atoms with Gasteiger partial charge in [-0.15, -0.1) is 0 Å². The highest BCUT2D eigenvalue weighted by atomic mass is 35.5. The number of hydrogen-bond donors (Lipinski definition) is 4. The molecule has 9 nitrogen and oxygen atoms in total. The number of fused-ring (bicyclic) bond motifs is 1. The Kier molecular flexibility index (Phi) is 9.57. The van der Waals surface area contributed by atoms with Crippen molar-refractivity contribution in [1.29, 1.82) is 0 Å². The number of nitrogens with one attached hydrogen (secondary N) is 2. The summed E-state index contributed by atoms with van der Waals surface area (Å²) in [6, 6.07) is 9.58. The number of carbonyl (C=O) groups excluding carboxylic acids is 2. The molecule has 0 spiro atoms. The molecule has 1 aliphatic heterocycles. The van der Waals surface area contributed by atoms with Crippen LogP contribution < -0.4 is 15.8 Å². The second-order valence-corrected chi connectivity index (χ2v) is 12.9. The van der Waals surface area contributed by atoms with E-state index in [-0.39, 0.29) is 25.0 Å². The van der Waals surface area contributed by atoms with Gasteiger partial charge in [-0.2, -0.15) is 0 Å². The first-order valence-corrected chi connectivity index (χ1v) is 15.6. The Morgan fingerprint density at radius 1 is 1.15 bits per heavy atom. The van der Waals surface area contributed by atoms with E-state index in [0.717, 1.165) is 19.1 Å². The molecule has 39 heavy (non-hydrogen) atoms. The zero-order valence-corrected chi connectivity index (χ0v) is 24.0. The smallest absolute Gasteiger partial charge is 0.255 e. The van der Waals surface area contributed by atoms with Crippen molar-refractivity contribution >= 4 is 45.0 Å². The Labute approximate surface area is 239 Å². The summed E-state index contributed by atoms with van der Waals surface area (Å²) >= 11 is 12.9. The Morgan fingerprint density at radius 2 is 1.87 bits per heavy atom. The van der Waals surface area contributed by atoms with E-state index in [1.165, 1.54) is 0 Å². The number of rotatable bonds is 9. The number of carbonyl (C=O) groups is 2. The van der Waals surface area contributed by atoms with Gasteiger partial charge in [0.05, 0.1) is 24.8 Å². The van der Waals surface area contributed by atoms with Gasteiger partial charge < -0.3 is 21.1 Å². The van der Waals surface area contributed by atoms with E-state index in [0.29, 0.717) is 46.0 Å². The third-order valence-corrected chi connectivity index (χ3v) is 8.73. The third-order valence-electron chi connectivity index (χ3n) is 7.44. The minimum atomic E-state index is -3.56. The van der Waals surface area contributed by atoms with Crippen LogP contribution in [0.1, 0.15) is 65.5 Å². The molecule has 0 saturated heterocycles. The van der Waals surface area contributed by atoms with Gasteiger partial charge in [-0.3, -0.25) is 9.59 Å². The monoisotopic (exact) mass is 596 g/mol. The summed E-state index contributed by atoms with van der Waals surface area (Å²) < 4.78 is 27.3. The van der Waals surface area contributed by atoms with Crippen LogP contribution in [0.5, 0.6) is 0 Å². The second kappa shape index (κ2) is 12.5. The number of benzene rings is 2. The fraction of sp³-hybridized carbons (Fsp3) is 0.481. The zero-order chi connectivity index (χ0) is 28.3. The highest BCUT2D eigenvalue weighted by Gasteiger charge is 2.49. The van der Waals surface area contributed by atoms with Crippen LogP contribution in [-0.4, -0.2) is 67.8 Å². The van der Waals surface area contributed by atoms with E-state index < -0.39 is 40.1 Å². The summed E-state index contributed by atoms with van der Waals surface area (Å²) in [5, 5.41) is 12.9. The molecule has 1 aliphatic carbocycles. The van der Waals surface area contributed by atoms with Gasteiger partial charge in [-0.1, -0.05) is 60.3 Å². The normalized spacial score (nSPS) is 24.2. The van der Waals surface area contributed by atoms with Gasteiger partial charge in [0.2, 0.25) is 15.9 Å². The number of nitrogens with zero attached hydrogens (tertiary/aromatic N) is 1. The number of sulfonamides is 1. The Morgan fingerprint density at radius 3 is 2.56 bits per heavy atom. The first-order chi connectivity index (χ1) is 18.5. The number of hydrogen-bond acceptors (Lipinski definition) is 6. The maximum atomic E-state index is 14.2. The molecule has 4 rings (SSSR count). The van der Waals surface area contributed by atoms with E-state index in [2.05, 4.69) is 10.0 Å². The zero-order valence-electron chi connectivity index (χ0n) is 21.6. The van der Waals surface area contributed by atoms with Gasteiger partial charge in [0.1, 0.15) is 0 Å². The Balaban J connectivity index is 1.86. The molecule has 5 N–H and O–H groups in total. The quantitative estimate of drug-likeness (QED) is 0.350. The van der Waals surface area contributed by atoms with Crippen LogP contribution in [-0.2, 0) is 14.8 Å². The number of halogens is 2. The second-order valence-electron chi connectivity index (χ2n) is 10.3. The number of aliphatic hydroxyl groups is 1. The average Bonchev–Trinajstić information content (AvgIpc) is 2.88. The van der Waals surface area contributed by atoms with Crippen molar-refractivity contribution in [2.24, 2.45) is 5.73 Å². The van der Waals surface area contributed by atoms with Crippen LogP contribution in [0.3, 0.4) is 0 Å². The van der Waals surface area contributed by atoms with E-state index in [4.69, 9.17) is 28.9 Å². The third kappa shape index (κ3) is 6.75. The molecule has 2 amide bonds. The van der Waals surface area contributed by atoms with Gasteiger partial charge in [0.25, 0.3) is 5.91 Å². The van der Waals surface area contributed by atoms with Crippen LogP contribution in [0.2, 0.25) is 10.0 Å². The molecule has 0 radical (unpaired) electrons. The minimum absolute atomic E-state index is 0.205. The summed E-state index contributed by atoms with van der Waals surface area (Å²) in [6.45, 7) is 0.0275. The molecule has 0 bridgehead atoms. The predicted octanol–water partition coefficient (Wildman–Crippen LogP) is 2.96.